The van der Waals surface area contributed by atoms with Crippen molar-refractivity contribution in [1.29, 1.82) is 0 Å². The number of hydrogen-bond donors (Lipinski definition) is 2. The highest BCUT2D eigenvalue weighted by molar-refractivity contribution is 5.80. The van der Waals surface area contributed by atoms with Crippen LogP contribution in [0.3, 0.4) is 0 Å². The summed E-state index contributed by atoms with van der Waals surface area (Å²) in [6.45, 7) is 5.15. The van der Waals surface area contributed by atoms with Crippen molar-refractivity contribution in [3.05, 3.63) is 53.7 Å². The SMILES string of the molecule is CC(C)(C)OC(=O)NC(Cc1ccc(COc2ccc(F)cc2)o1)C(=O)O. The maximum Gasteiger partial charge on any atom is 0.408 e. The molecule has 0 aliphatic rings. The summed E-state index contributed by atoms with van der Waals surface area (Å²) in [6.07, 6.45) is -0.869. The summed E-state index contributed by atoms with van der Waals surface area (Å²) < 4.78 is 28.9. The second-order valence-electron chi connectivity index (χ2n) is 6.85. The molecule has 8 heteroatoms. The summed E-state index contributed by atoms with van der Waals surface area (Å²) in [6, 6.07) is 7.60. The van der Waals surface area contributed by atoms with Crippen LogP contribution in [0.1, 0.15) is 32.3 Å². The number of ether oxygens (including phenoxy) is 2. The van der Waals surface area contributed by atoms with Crippen LogP contribution in [-0.4, -0.2) is 28.8 Å². The zero-order valence-electron chi connectivity index (χ0n) is 15.3. The number of carboxylic acid groups (broad SMARTS) is 1. The van der Waals surface area contributed by atoms with E-state index in [0.717, 1.165) is 0 Å². The topological polar surface area (TPSA) is 98.0 Å². The molecule has 0 bridgehead atoms. The molecule has 0 aliphatic carbocycles. The first-order valence-corrected chi connectivity index (χ1v) is 8.30. The Morgan fingerprint density at radius 2 is 1.78 bits per heavy atom. The maximum atomic E-state index is 12.9. The number of carbonyl (C=O) groups excluding carboxylic acids is 1. The molecule has 2 rings (SSSR count). The molecule has 2 N–H and O–H groups in total. The van der Waals surface area contributed by atoms with E-state index in [2.05, 4.69) is 5.32 Å². The lowest BCUT2D eigenvalue weighted by Gasteiger charge is -2.21. The van der Waals surface area contributed by atoms with Gasteiger partial charge in [-0.05, 0) is 57.2 Å². The third-order valence-corrected chi connectivity index (χ3v) is 3.31. The number of halogens is 1. The largest absolute Gasteiger partial charge is 0.486 e. The quantitative estimate of drug-likeness (QED) is 0.764. The normalized spacial score (nSPS) is 12.3. The van der Waals surface area contributed by atoms with Gasteiger partial charge in [0.25, 0.3) is 0 Å². The lowest BCUT2D eigenvalue weighted by atomic mass is 10.1. The number of rotatable bonds is 7. The molecule has 1 amide bonds. The predicted octanol–water partition coefficient (Wildman–Crippen LogP) is 3.52. The van der Waals surface area contributed by atoms with Gasteiger partial charge in [-0.3, -0.25) is 0 Å². The second kappa shape index (κ2) is 8.57. The number of aliphatic carboxylic acids is 1. The van der Waals surface area contributed by atoms with Crippen LogP contribution in [0.5, 0.6) is 5.75 Å². The van der Waals surface area contributed by atoms with E-state index in [0.29, 0.717) is 17.3 Å². The molecule has 0 saturated heterocycles. The van der Waals surface area contributed by atoms with E-state index in [1.165, 1.54) is 24.3 Å². The van der Waals surface area contributed by atoms with Crippen molar-refractivity contribution in [3.8, 4) is 5.75 Å². The van der Waals surface area contributed by atoms with Gasteiger partial charge in [0.05, 0.1) is 0 Å². The Labute approximate surface area is 156 Å². The minimum absolute atomic E-state index is 0.0505. The van der Waals surface area contributed by atoms with Crippen LogP contribution in [0.2, 0.25) is 0 Å². The number of benzene rings is 1. The fraction of sp³-hybridized carbons (Fsp3) is 0.368. The fourth-order valence-corrected chi connectivity index (χ4v) is 2.15. The summed E-state index contributed by atoms with van der Waals surface area (Å²) in [5.74, 6) is -0.252. The molecule has 0 saturated carbocycles. The number of carboxylic acids is 1. The summed E-state index contributed by atoms with van der Waals surface area (Å²) >= 11 is 0. The molecule has 1 atom stereocenters. The third-order valence-electron chi connectivity index (χ3n) is 3.31. The Bertz CT molecular complexity index is 778. The van der Waals surface area contributed by atoms with Gasteiger partial charge in [0.1, 0.15) is 41.3 Å². The van der Waals surface area contributed by atoms with E-state index in [-0.39, 0.29) is 18.8 Å². The number of amides is 1. The van der Waals surface area contributed by atoms with Gasteiger partial charge in [0, 0.05) is 6.42 Å². The van der Waals surface area contributed by atoms with Crippen LogP contribution < -0.4 is 10.1 Å². The Kier molecular flexibility index (Phi) is 6.44. The molecule has 1 heterocycles. The Morgan fingerprint density at radius 3 is 2.37 bits per heavy atom. The van der Waals surface area contributed by atoms with Crippen molar-refractivity contribution in [1.82, 2.24) is 5.32 Å². The monoisotopic (exact) mass is 379 g/mol. The summed E-state index contributed by atoms with van der Waals surface area (Å²) in [7, 11) is 0. The first-order chi connectivity index (χ1) is 12.6. The number of hydrogen-bond acceptors (Lipinski definition) is 5. The highest BCUT2D eigenvalue weighted by Crippen LogP contribution is 2.16. The van der Waals surface area contributed by atoms with Gasteiger partial charge >= 0.3 is 12.1 Å². The van der Waals surface area contributed by atoms with Gasteiger partial charge in [-0.2, -0.15) is 0 Å². The number of furan rings is 1. The molecule has 0 fully saturated rings. The van der Waals surface area contributed by atoms with Gasteiger partial charge in [-0.25, -0.2) is 14.0 Å². The Hall–Kier alpha value is -3.03. The minimum atomic E-state index is -1.21. The van der Waals surface area contributed by atoms with E-state index in [9.17, 15) is 19.1 Å². The molecule has 0 aliphatic heterocycles. The Morgan fingerprint density at radius 1 is 1.15 bits per heavy atom. The molecular weight excluding hydrogens is 357 g/mol. The minimum Gasteiger partial charge on any atom is -0.486 e. The zero-order chi connectivity index (χ0) is 20.0. The van der Waals surface area contributed by atoms with E-state index in [1.807, 2.05) is 0 Å². The summed E-state index contributed by atoms with van der Waals surface area (Å²) in [4.78, 5) is 23.2. The van der Waals surface area contributed by atoms with Gasteiger partial charge < -0.3 is 24.3 Å². The molecular formula is C19H22FNO6. The lowest BCUT2D eigenvalue weighted by molar-refractivity contribution is -0.139. The highest BCUT2D eigenvalue weighted by Gasteiger charge is 2.25. The first-order valence-electron chi connectivity index (χ1n) is 8.30. The van der Waals surface area contributed by atoms with Gasteiger partial charge in [0.15, 0.2) is 0 Å². The van der Waals surface area contributed by atoms with Crippen LogP contribution in [0.15, 0.2) is 40.8 Å². The smallest absolute Gasteiger partial charge is 0.408 e. The second-order valence-corrected chi connectivity index (χ2v) is 6.85. The predicted molar refractivity (Wildman–Crippen MR) is 93.9 cm³/mol. The Balaban J connectivity index is 1.92. The van der Waals surface area contributed by atoms with E-state index < -0.39 is 23.7 Å². The number of nitrogens with one attached hydrogen (secondary N) is 1. The van der Waals surface area contributed by atoms with E-state index in [4.69, 9.17) is 13.9 Å². The van der Waals surface area contributed by atoms with E-state index >= 15 is 0 Å². The van der Waals surface area contributed by atoms with Gasteiger partial charge in [0.2, 0.25) is 0 Å². The standard InChI is InChI=1S/C19H22FNO6/c1-19(2,3)27-18(24)21-16(17(22)23)10-14-8-9-15(26-14)11-25-13-6-4-12(20)5-7-13/h4-9,16H,10-11H2,1-3H3,(H,21,24)(H,22,23). The van der Waals surface area contributed by atoms with Crippen LogP contribution >= 0.6 is 0 Å². The molecule has 1 aromatic heterocycles. The van der Waals surface area contributed by atoms with Gasteiger partial charge in [-0.1, -0.05) is 0 Å². The van der Waals surface area contributed by atoms with Crippen LogP contribution in [0, 0.1) is 5.82 Å². The maximum absolute atomic E-state index is 12.9. The van der Waals surface area contributed by atoms with Crippen molar-refractivity contribution in [2.75, 3.05) is 0 Å². The number of carbonyl (C=O) groups is 2. The first kappa shape index (κ1) is 20.3. The third kappa shape index (κ3) is 7.01. The highest BCUT2D eigenvalue weighted by atomic mass is 19.1. The molecule has 0 radical (unpaired) electrons. The molecule has 1 unspecified atom stereocenters. The van der Waals surface area contributed by atoms with Crippen molar-refractivity contribution < 1.29 is 33.0 Å². The van der Waals surface area contributed by atoms with Crippen molar-refractivity contribution in [2.45, 2.75) is 45.4 Å². The van der Waals surface area contributed by atoms with Crippen molar-refractivity contribution in [2.24, 2.45) is 0 Å². The average Bonchev–Trinajstić information content (AvgIpc) is 2.99. The van der Waals surface area contributed by atoms with Crippen molar-refractivity contribution >= 4 is 12.1 Å². The molecule has 0 spiro atoms. The molecule has 1 aromatic carbocycles. The van der Waals surface area contributed by atoms with Crippen LogP contribution in [0.4, 0.5) is 9.18 Å². The average molecular weight is 379 g/mol. The lowest BCUT2D eigenvalue weighted by Crippen LogP contribution is -2.44. The fourth-order valence-electron chi connectivity index (χ4n) is 2.15. The zero-order valence-corrected chi connectivity index (χ0v) is 15.3. The molecule has 7 nitrogen and oxygen atoms in total. The number of alkyl carbamates (subject to hydrolysis) is 1. The molecule has 27 heavy (non-hydrogen) atoms. The van der Waals surface area contributed by atoms with Crippen molar-refractivity contribution in [3.63, 3.8) is 0 Å². The summed E-state index contributed by atoms with van der Waals surface area (Å²) in [5.41, 5.74) is -0.733. The van der Waals surface area contributed by atoms with Crippen LogP contribution in [-0.2, 0) is 22.6 Å². The van der Waals surface area contributed by atoms with Gasteiger partial charge in [-0.15, -0.1) is 0 Å². The summed E-state index contributed by atoms with van der Waals surface area (Å²) in [5, 5.41) is 11.6. The van der Waals surface area contributed by atoms with E-state index in [1.54, 1.807) is 32.9 Å². The van der Waals surface area contributed by atoms with Crippen LogP contribution in [0.25, 0.3) is 0 Å². The molecule has 146 valence electrons. The molecule has 2 aromatic rings.